The van der Waals surface area contributed by atoms with Gasteiger partial charge in [0.05, 0.1) is 0 Å². The molecule has 0 spiro atoms. The van der Waals surface area contributed by atoms with Crippen molar-refractivity contribution in [1.82, 2.24) is 5.16 Å². The fraction of sp³-hybridized carbons (Fsp3) is 0.167. The number of carbonyl (C=O) groups is 1. The summed E-state index contributed by atoms with van der Waals surface area (Å²) in [7, 11) is 0. The van der Waals surface area contributed by atoms with E-state index in [0.717, 1.165) is 4.90 Å². The van der Waals surface area contributed by atoms with Crippen LogP contribution in [0.1, 0.15) is 16.2 Å². The quantitative estimate of drug-likeness (QED) is 0.838. The summed E-state index contributed by atoms with van der Waals surface area (Å²) < 4.78 is 10.3. The third kappa shape index (κ3) is 3.04. The molecule has 1 heterocycles. The second-order valence-electron chi connectivity index (χ2n) is 3.45. The van der Waals surface area contributed by atoms with Crippen LogP contribution in [0.4, 0.5) is 0 Å². The minimum Gasteiger partial charge on any atom is -0.486 e. The molecule has 0 aliphatic carbocycles. The normalized spacial score (nSPS) is 10.3. The number of carboxylic acid groups (broad SMARTS) is 1. The van der Waals surface area contributed by atoms with E-state index in [1.54, 1.807) is 11.8 Å². The van der Waals surface area contributed by atoms with Gasteiger partial charge >= 0.3 is 5.97 Å². The smallest absolute Gasteiger partial charge is 0.358 e. The highest BCUT2D eigenvalue weighted by molar-refractivity contribution is 7.98. The van der Waals surface area contributed by atoms with E-state index in [2.05, 4.69) is 5.16 Å². The van der Waals surface area contributed by atoms with E-state index in [0.29, 0.717) is 11.5 Å². The number of aromatic nitrogens is 1. The van der Waals surface area contributed by atoms with Crippen molar-refractivity contribution in [3.05, 3.63) is 41.8 Å². The highest BCUT2D eigenvalue weighted by Crippen LogP contribution is 2.19. The molecule has 0 atom stereocenters. The highest BCUT2D eigenvalue weighted by atomic mass is 32.2. The Hall–Kier alpha value is -1.95. The third-order valence-electron chi connectivity index (χ3n) is 2.22. The second kappa shape index (κ2) is 5.59. The van der Waals surface area contributed by atoms with Gasteiger partial charge in [-0.3, -0.25) is 0 Å². The summed E-state index contributed by atoms with van der Waals surface area (Å²) in [5.41, 5.74) is -0.119. The molecule has 0 saturated carbocycles. The number of thioether (sulfide) groups is 1. The Morgan fingerprint density at radius 1 is 1.44 bits per heavy atom. The van der Waals surface area contributed by atoms with Gasteiger partial charge < -0.3 is 14.4 Å². The Labute approximate surface area is 108 Å². The Morgan fingerprint density at radius 2 is 2.17 bits per heavy atom. The van der Waals surface area contributed by atoms with Gasteiger partial charge in [-0.15, -0.1) is 11.8 Å². The SMILES string of the molecule is CSc1ccc(OCc2cc(C(=O)O)no2)cc1. The number of benzene rings is 1. The highest BCUT2D eigenvalue weighted by Gasteiger charge is 2.10. The zero-order valence-electron chi connectivity index (χ0n) is 9.62. The first kappa shape index (κ1) is 12.5. The number of nitrogens with zero attached hydrogens (tertiary/aromatic N) is 1. The van der Waals surface area contributed by atoms with E-state index in [1.165, 1.54) is 6.07 Å². The molecule has 0 radical (unpaired) electrons. The fourth-order valence-corrected chi connectivity index (χ4v) is 1.72. The predicted octanol–water partition coefficient (Wildman–Crippen LogP) is 2.67. The minimum atomic E-state index is -1.12. The van der Waals surface area contributed by atoms with Crippen LogP contribution in [-0.4, -0.2) is 22.5 Å². The van der Waals surface area contributed by atoms with Crippen molar-refractivity contribution in [3.63, 3.8) is 0 Å². The van der Waals surface area contributed by atoms with Crippen LogP contribution in [-0.2, 0) is 6.61 Å². The molecule has 1 N–H and O–H groups in total. The first-order valence-electron chi connectivity index (χ1n) is 5.15. The Kier molecular flexibility index (Phi) is 3.88. The summed E-state index contributed by atoms with van der Waals surface area (Å²) >= 11 is 1.65. The third-order valence-corrected chi connectivity index (χ3v) is 2.96. The predicted molar refractivity (Wildman–Crippen MR) is 66.0 cm³/mol. The lowest BCUT2D eigenvalue weighted by Gasteiger charge is -2.03. The summed E-state index contributed by atoms with van der Waals surface area (Å²) in [5.74, 6) is -0.0447. The molecule has 1 aromatic heterocycles. The average molecular weight is 265 g/mol. The maximum absolute atomic E-state index is 10.6. The molecule has 0 unspecified atom stereocenters. The van der Waals surface area contributed by atoms with Crippen molar-refractivity contribution in [1.29, 1.82) is 0 Å². The summed E-state index contributed by atoms with van der Waals surface area (Å²) in [6, 6.07) is 8.94. The largest absolute Gasteiger partial charge is 0.486 e. The van der Waals surface area contributed by atoms with Crippen molar-refractivity contribution in [3.8, 4) is 5.75 Å². The van der Waals surface area contributed by atoms with Crippen molar-refractivity contribution in [2.75, 3.05) is 6.26 Å². The molecule has 6 heteroatoms. The van der Waals surface area contributed by atoms with Gasteiger partial charge in [0, 0.05) is 11.0 Å². The molecule has 2 aromatic rings. The molecule has 0 aliphatic heterocycles. The number of carboxylic acids is 1. The first-order valence-corrected chi connectivity index (χ1v) is 6.37. The summed E-state index contributed by atoms with van der Waals surface area (Å²) in [6.07, 6.45) is 2.00. The van der Waals surface area contributed by atoms with E-state index in [9.17, 15) is 4.79 Å². The molecular formula is C12H11NO4S. The monoisotopic (exact) mass is 265 g/mol. The van der Waals surface area contributed by atoms with Crippen LogP contribution in [0, 0.1) is 0 Å². The van der Waals surface area contributed by atoms with Crippen LogP contribution in [0.2, 0.25) is 0 Å². The molecule has 94 valence electrons. The van der Waals surface area contributed by atoms with E-state index in [-0.39, 0.29) is 12.3 Å². The molecular weight excluding hydrogens is 254 g/mol. The van der Waals surface area contributed by atoms with Crippen molar-refractivity contribution in [2.45, 2.75) is 11.5 Å². The molecule has 0 bridgehead atoms. The molecule has 1 aromatic carbocycles. The lowest BCUT2D eigenvalue weighted by molar-refractivity contribution is 0.0685. The van der Waals surface area contributed by atoms with Gasteiger partial charge in [-0.2, -0.15) is 0 Å². The second-order valence-corrected chi connectivity index (χ2v) is 4.33. The number of aromatic carboxylic acids is 1. The topological polar surface area (TPSA) is 72.6 Å². The molecule has 5 nitrogen and oxygen atoms in total. The van der Waals surface area contributed by atoms with Gasteiger partial charge in [-0.25, -0.2) is 4.79 Å². The van der Waals surface area contributed by atoms with Crippen LogP contribution in [0.25, 0.3) is 0 Å². The van der Waals surface area contributed by atoms with Gasteiger partial charge in [0.1, 0.15) is 12.4 Å². The van der Waals surface area contributed by atoms with Gasteiger partial charge in [0.15, 0.2) is 11.5 Å². The van der Waals surface area contributed by atoms with Crippen LogP contribution in [0.3, 0.4) is 0 Å². The van der Waals surface area contributed by atoms with Crippen LogP contribution < -0.4 is 4.74 Å². The standard InChI is InChI=1S/C12H11NO4S/c1-18-10-4-2-8(3-5-10)16-7-9-6-11(12(14)15)13-17-9/h2-6H,7H2,1H3,(H,14,15). The van der Waals surface area contributed by atoms with Crippen LogP contribution in [0.15, 0.2) is 39.8 Å². The van der Waals surface area contributed by atoms with Crippen molar-refractivity contribution >= 4 is 17.7 Å². The minimum absolute atomic E-state index is 0.119. The lowest BCUT2D eigenvalue weighted by atomic mass is 10.3. The summed E-state index contributed by atoms with van der Waals surface area (Å²) in [5, 5.41) is 12.1. The van der Waals surface area contributed by atoms with Gasteiger partial charge in [-0.05, 0) is 30.5 Å². The number of rotatable bonds is 5. The Bertz CT molecular complexity index is 535. The number of ether oxygens (including phenoxy) is 1. The molecule has 0 amide bonds. The average Bonchev–Trinajstić information content (AvgIpc) is 2.86. The molecule has 18 heavy (non-hydrogen) atoms. The summed E-state index contributed by atoms with van der Waals surface area (Å²) in [4.78, 5) is 11.7. The Morgan fingerprint density at radius 3 is 2.72 bits per heavy atom. The molecule has 2 rings (SSSR count). The van der Waals surface area contributed by atoms with Crippen LogP contribution >= 0.6 is 11.8 Å². The zero-order valence-corrected chi connectivity index (χ0v) is 10.4. The number of hydrogen-bond donors (Lipinski definition) is 1. The zero-order chi connectivity index (χ0) is 13.0. The van der Waals surface area contributed by atoms with Crippen molar-refractivity contribution in [2.24, 2.45) is 0 Å². The molecule has 0 fully saturated rings. The van der Waals surface area contributed by atoms with Gasteiger partial charge in [0.25, 0.3) is 0 Å². The van der Waals surface area contributed by atoms with E-state index >= 15 is 0 Å². The Balaban J connectivity index is 1.95. The van der Waals surface area contributed by atoms with Gasteiger partial charge in [0.2, 0.25) is 0 Å². The fourth-order valence-electron chi connectivity index (χ4n) is 1.31. The lowest BCUT2D eigenvalue weighted by Crippen LogP contribution is -1.96. The summed E-state index contributed by atoms with van der Waals surface area (Å²) in [6.45, 7) is 0.152. The van der Waals surface area contributed by atoms with Gasteiger partial charge in [-0.1, -0.05) is 5.16 Å². The van der Waals surface area contributed by atoms with E-state index < -0.39 is 5.97 Å². The maximum Gasteiger partial charge on any atom is 0.358 e. The number of hydrogen-bond acceptors (Lipinski definition) is 5. The van der Waals surface area contributed by atoms with E-state index in [4.69, 9.17) is 14.4 Å². The maximum atomic E-state index is 10.6. The molecule has 0 aliphatic rings. The molecule has 0 saturated heterocycles. The van der Waals surface area contributed by atoms with Crippen molar-refractivity contribution < 1.29 is 19.2 Å². The van der Waals surface area contributed by atoms with E-state index in [1.807, 2.05) is 30.5 Å². The first-order chi connectivity index (χ1) is 8.69. The van der Waals surface area contributed by atoms with Crippen LogP contribution in [0.5, 0.6) is 5.75 Å².